The van der Waals surface area contributed by atoms with Crippen LogP contribution >= 0.6 is 27.3 Å². The van der Waals surface area contributed by atoms with Crippen molar-refractivity contribution in [1.82, 2.24) is 9.47 Å². The van der Waals surface area contributed by atoms with Gasteiger partial charge in [0, 0.05) is 25.0 Å². The van der Waals surface area contributed by atoms with Crippen molar-refractivity contribution in [2.75, 3.05) is 19.7 Å². The number of rotatable bonds is 5. The molecule has 0 aliphatic carbocycles. The smallest absolute Gasteiger partial charge is 0.310 e. The average molecular weight is 489 g/mol. The minimum atomic E-state index is -0.240. The predicted molar refractivity (Wildman–Crippen MR) is 123 cm³/mol. The SMILES string of the molecule is CCOC(=O)[C@@H]1CCCN(C(=O)c2cc3scc(Br)c3n2Cc2ccc(C)cc2)C1. The van der Waals surface area contributed by atoms with E-state index in [1.165, 1.54) is 5.56 Å². The van der Waals surface area contributed by atoms with Crippen LogP contribution in [0.5, 0.6) is 0 Å². The molecule has 1 aliphatic rings. The van der Waals surface area contributed by atoms with Gasteiger partial charge in [-0.2, -0.15) is 0 Å². The van der Waals surface area contributed by atoms with Crippen molar-refractivity contribution in [3.8, 4) is 0 Å². The predicted octanol–water partition coefficient (Wildman–Crippen LogP) is 5.24. The third-order valence-corrected chi connectivity index (χ3v) is 7.41. The van der Waals surface area contributed by atoms with E-state index in [0.717, 1.165) is 33.1 Å². The highest BCUT2D eigenvalue weighted by Crippen LogP contribution is 2.34. The second kappa shape index (κ2) is 8.94. The van der Waals surface area contributed by atoms with Crippen LogP contribution in [-0.2, 0) is 16.1 Å². The number of hydrogen-bond donors (Lipinski definition) is 0. The molecule has 2 aromatic heterocycles. The molecule has 1 aromatic carbocycles. The van der Waals surface area contributed by atoms with E-state index < -0.39 is 0 Å². The highest BCUT2D eigenvalue weighted by Gasteiger charge is 2.31. The Morgan fingerprint density at radius 2 is 2.03 bits per heavy atom. The first-order chi connectivity index (χ1) is 14.5. The number of amides is 1. The van der Waals surface area contributed by atoms with Crippen LogP contribution in [0.3, 0.4) is 0 Å². The number of carbonyl (C=O) groups excluding carboxylic acids is 2. The van der Waals surface area contributed by atoms with Gasteiger partial charge < -0.3 is 14.2 Å². The molecule has 1 saturated heterocycles. The van der Waals surface area contributed by atoms with Crippen LogP contribution in [0.1, 0.15) is 41.4 Å². The van der Waals surface area contributed by atoms with E-state index in [4.69, 9.17) is 4.74 Å². The van der Waals surface area contributed by atoms with Crippen molar-refractivity contribution in [2.45, 2.75) is 33.2 Å². The normalized spacial score (nSPS) is 16.8. The lowest BCUT2D eigenvalue weighted by atomic mass is 9.98. The van der Waals surface area contributed by atoms with Crippen molar-refractivity contribution in [2.24, 2.45) is 5.92 Å². The van der Waals surface area contributed by atoms with Crippen LogP contribution in [0.2, 0.25) is 0 Å². The molecular formula is C23H25BrN2O3S. The molecular weight excluding hydrogens is 464 g/mol. The molecule has 1 aliphatic heterocycles. The number of aromatic nitrogens is 1. The first-order valence-electron chi connectivity index (χ1n) is 10.3. The number of carbonyl (C=O) groups is 2. The lowest BCUT2D eigenvalue weighted by Crippen LogP contribution is -2.43. The maximum atomic E-state index is 13.5. The monoisotopic (exact) mass is 488 g/mol. The topological polar surface area (TPSA) is 51.5 Å². The van der Waals surface area contributed by atoms with Gasteiger partial charge in [-0.15, -0.1) is 11.3 Å². The molecule has 3 heterocycles. The molecule has 0 spiro atoms. The fraction of sp³-hybridized carbons (Fsp3) is 0.391. The lowest BCUT2D eigenvalue weighted by Gasteiger charge is -2.31. The summed E-state index contributed by atoms with van der Waals surface area (Å²) in [6, 6.07) is 10.4. The number of halogens is 1. The highest BCUT2D eigenvalue weighted by atomic mass is 79.9. The molecule has 0 saturated carbocycles. The number of likely N-dealkylation sites (tertiary alicyclic amines) is 1. The lowest BCUT2D eigenvalue weighted by molar-refractivity contribution is -0.149. The summed E-state index contributed by atoms with van der Waals surface area (Å²) in [4.78, 5) is 27.5. The molecule has 4 rings (SSSR count). The van der Waals surface area contributed by atoms with Crippen molar-refractivity contribution in [3.05, 3.63) is 57.0 Å². The molecule has 158 valence electrons. The quantitative estimate of drug-likeness (QED) is 0.461. The Morgan fingerprint density at radius 1 is 1.27 bits per heavy atom. The van der Waals surface area contributed by atoms with E-state index in [-0.39, 0.29) is 17.8 Å². The van der Waals surface area contributed by atoms with Gasteiger partial charge in [0.1, 0.15) is 5.69 Å². The fourth-order valence-electron chi connectivity index (χ4n) is 4.02. The van der Waals surface area contributed by atoms with Gasteiger partial charge >= 0.3 is 5.97 Å². The van der Waals surface area contributed by atoms with Crippen LogP contribution in [0.25, 0.3) is 10.2 Å². The second-order valence-electron chi connectivity index (χ2n) is 7.74. The van der Waals surface area contributed by atoms with Gasteiger partial charge in [0.2, 0.25) is 0 Å². The Kier molecular flexibility index (Phi) is 6.29. The summed E-state index contributed by atoms with van der Waals surface area (Å²) in [6.07, 6.45) is 1.58. The Hall–Kier alpha value is -2.12. The Labute approximate surface area is 188 Å². The van der Waals surface area contributed by atoms with E-state index in [2.05, 4.69) is 57.1 Å². The maximum Gasteiger partial charge on any atom is 0.310 e. The van der Waals surface area contributed by atoms with Gasteiger partial charge in [-0.25, -0.2) is 0 Å². The largest absolute Gasteiger partial charge is 0.466 e. The van der Waals surface area contributed by atoms with Gasteiger partial charge in [0.15, 0.2) is 0 Å². The number of ether oxygens (including phenoxy) is 1. The standard InChI is InChI=1S/C23H25BrN2O3S/c1-3-29-23(28)17-5-4-10-25(13-17)22(27)19-11-20-21(18(24)14-30-20)26(19)12-16-8-6-15(2)7-9-16/h6-9,11,14,17H,3-5,10,12-13H2,1-2H3/t17-/m1/s1. The summed E-state index contributed by atoms with van der Waals surface area (Å²) in [5.41, 5.74) is 4.07. The molecule has 1 atom stereocenters. The molecule has 30 heavy (non-hydrogen) atoms. The first-order valence-corrected chi connectivity index (χ1v) is 11.9. The van der Waals surface area contributed by atoms with Crippen LogP contribution in [0.4, 0.5) is 0 Å². The molecule has 3 aromatic rings. The zero-order valence-corrected chi connectivity index (χ0v) is 19.6. The summed E-state index contributed by atoms with van der Waals surface area (Å²) >= 11 is 5.28. The van der Waals surface area contributed by atoms with Crippen molar-refractivity contribution in [1.29, 1.82) is 0 Å². The maximum absolute atomic E-state index is 13.5. The number of nitrogens with zero attached hydrogens (tertiary/aromatic N) is 2. The number of benzene rings is 1. The number of aryl methyl sites for hydroxylation is 1. The second-order valence-corrected chi connectivity index (χ2v) is 9.51. The molecule has 1 fully saturated rings. The third-order valence-electron chi connectivity index (χ3n) is 5.59. The van der Waals surface area contributed by atoms with E-state index >= 15 is 0 Å². The molecule has 0 N–H and O–H groups in total. The molecule has 5 nitrogen and oxygen atoms in total. The Bertz CT molecular complexity index is 1070. The van der Waals surface area contributed by atoms with Gasteiger partial charge in [-0.1, -0.05) is 29.8 Å². The Morgan fingerprint density at radius 3 is 2.77 bits per heavy atom. The van der Waals surface area contributed by atoms with E-state index in [9.17, 15) is 9.59 Å². The van der Waals surface area contributed by atoms with Crippen LogP contribution < -0.4 is 0 Å². The van der Waals surface area contributed by atoms with Crippen LogP contribution in [0, 0.1) is 12.8 Å². The number of piperidine rings is 1. The summed E-state index contributed by atoms with van der Waals surface area (Å²) in [5.74, 6) is -0.462. The first kappa shape index (κ1) is 21.1. The van der Waals surface area contributed by atoms with Crippen molar-refractivity contribution in [3.63, 3.8) is 0 Å². The number of thiophene rings is 1. The third kappa shape index (κ3) is 4.18. The van der Waals surface area contributed by atoms with Gasteiger partial charge in [-0.3, -0.25) is 9.59 Å². The number of hydrogen-bond acceptors (Lipinski definition) is 4. The molecule has 0 radical (unpaired) electrons. The zero-order valence-electron chi connectivity index (χ0n) is 17.2. The number of fused-ring (bicyclic) bond motifs is 1. The molecule has 0 bridgehead atoms. The Balaban J connectivity index is 1.65. The van der Waals surface area contributed by atoms with Gasteiger partial charge in [-0.05, 0) is 54.2 Å². The summed E-state index contributed by atoms with van der Waals surface area (Å²) in [6.45, 7) is 5.95. The average Bonchev–Trinajstić information content (AvgIpc) is 3.29. The molecule has 1 amide bonds. The summed E-state index contributed by atoms with van der Waals surface area (Å²) < 4.78 is 9.36. The minimum Gasteiger partial charge on any atom is -0.466 e. The van der Waals surface area contributed by atoms with E-state index in [1.54, 1.807) is 11.3 Å². The van der Waals surface area contributed by atoms with Crippen molar-refractivity contribution >= 4 is 49.4 Å². The minimum absolute atomic E-state index is 0.0218. The van der Waals surface area contributed by atoms with Crippen LogP contribution in [-0.4, -0.2) is 41.0 Å². The van der Waals surface area contributed by atoms with Crippen molar-refractivity contribution < 1.29 is 14.3 Å². The van der Waals surface area contributed by atoms with Crippen LogP contribution in [0.15, 0.2) is 40.2 Å². The fourth-order valence-corrected chi connectivity index (χ4v) is 5.72. The number of esters is 1. The summed E-state index contributed by atoms with van der Waals surface area (Å²) in [5, 5.41) is 2.06. The molecule has 7 heteroatoms. The van der Waals surface area contributed by atoms with E-state index in [0.29, 0.717) is 31.9 Å². The summed E-state index contributed by atoms with van der Waals surface area (Å²) in [7, 11) is 0. The van der Waals surface area contributed by atoms with E-state index in [1.807, 2.05) is 17.9 Å². The molecule has 0 unspecified atom stereocenters. The highest BCUT2D eigenvalue weighted by molar-refractivity contribution is 9.10. The zero-order chi connectivity index (χ0) is 21.3. The van der Waals surface area contributed by atoms with Gasteiger partial charge in [0.05, 0.1) is 27.2 Å². The van der Waals surface area contributed by atoms with Gasteiger partial charge in [0.25, 0.3) is 5.91 Å².